The molecule has 19 heavy (non-hydrogen) atoms. The van der Waals surface area contributed by atoms with Crippen molar-refractivity contribution in [3.63, 3.8) is 0 Å². The summed E-state index contributed by atoms with van der Waals surface area (Å²) in [5.74, 6) is 1.11. The first-order chi connectivity index (χ1) is 9.24. The van der Waals surface area contributed by atoms with Crippen molar-refractivity contribution in [3.8, 4) is 0 Å². The fourth-order valence-corrected chi connectivity index (χ4v) is 3.09. The highest BCUT2D eigenvalue weighted by Crippen LogP contribution is 2.47. The Labute approximate surface area is 112 Å². The van der Waals surface area contributed by atoms with Gasteiger partial charge in [-0.1, -0.05) is 31.2 Å². The molecule has 2 heteroatoms. The minimum absolute atomic E-state index is 0.312. The van der Waals surface area contributed by atoms with E-state index in [1.807, 2.05) is 12.1 Å². The van der Waals surface area contributed by atoms with Gasteiger partial charge >= 0.3 is 0 Å². The molecular weight excluding hydrogens is 234 g/mol. The number of aliphatic hydroxyl groups is 1. The Kier molecular flexibility index (Phi) is 2.24. The van der Waals surface area contributed by atoms with E-state index in [0.29, 0.717) is 11.8 Å². The number of rotatable bonds is 2. The highest BCUT2D eigenvalue weighted by Gasteiger charge is 2.39. The zero-order valence-electron chi connectivity index (χ0n) is 10.9. The molecule has 0 amide bonds. The number of hydrogen-bond acceptors (Lipinski definition) is 1. The summed E-state index contributed by atoms with van der Waals surface area (Å²) in [6, 6.07) is 14.6. The molecule has 1 aromatic heterocycles. The quantitative estimate of drug-likeness (QED) is 0.709. The van der Waals surface area contributed by atoms with Gasteiger partial charge in [-0.3, -0.25) is 0 Å². The summed E-state index contributed by atoms with van der Waals surface area (Å²) >= 11 is 0. The van der Waals surface area contributed by atoms with E-state index in [2.05, 4.69) is 42.2 Å². The first-order valence-corrected chi connectivity index (χ1v) is 6.92. The second-order valence-electron chi connectivity index (χ2n) is 5.80. The monoisotopic (exact) mass is 251 g/mol. The van der Waals surface area contributed by atoms with Crippen LogP contribution < -0.4 is 0 Å². The van der Waals surface area contributed by atoms with Crippen molar-refractivity contribution < 1.29 is 5.11 Å². The number of benzene rings is 2. The molecule has 0 radical (unpaired) electrons. The minimum Gasteiger partial charge on any atom is -0.388 e. The van der Waals surface area contributed by atoms with Gasteiger partial charge in [-0.15, -0.1) is 0 Å². The first-order valence-electron chi connectivity index (χ1n) is 6.92. The maximum Gasteiger partial charge on any atom is 0.0821 e. The van der Waals surface area contributed by atoms with Crippen molar-refractivity contribution in [3.05, 3.63) is 48.0 Å². The lowest BCUT2D eigenvalue weighted by atomic mass is 10.0. The minimum atomic E-state index is -0.312. The third-order valence-corrected chi connectivity index (χ3v) is 4.45. The van der Waals surface area contributed by atoms with Crippen LogP contribution in [0.1, 0.15) is 25.0 Å². The van der Waals surface area contributed by atoms with E-state index in [0.717, 1.165) is 23.0 Å². The summed E-state index contributed by atoms with van der Waals surface area (Å²) in [7, 11) is 0. The summed E-state index contributed by atoms with van der Waals surface area (Å²) in [4.78, 5) is 3.42. The first kappa shape index (κ1) is 11.1. The fraction of sp³-hybridized carbons (Fsp3) is 0.294. The van der Waals surface area contributed by atoms with Gasteiger partial charge in [-0.2, -0.15) is 0 Å². The summed E-state index contributed by atoms with van der Waals surface area (Å²) in [6.07, 6.45) is 0.834. The van der Waals surface area contributed by atoms with Crippen molar-refractivity contribution in [2.75, 3.05) is 0 Å². The third-order valence-electron chi connectivity index (χ3n) is 4.45. The maximum atomic E-state index is 10.4. The number of nitrogens with one attached hydrogen (secondary N) is 1. The third kappa shape index (κ3) is 1.67. The Bertz CT molecular complexity index is 758. The van der Waals surface area contributed by atoms with Crippen molar-refractivity contribution in [2.45, 2.75) is 19.4 Å². The van der Waals surface area contributed by atoms with Crippen LogP contribution in [0.2, 0.25) is 0 Å². The van der Waals surface area contributed by atoms with Crippen LogP contribution in [0, 0.1) is 11.8 Å². The Morgan fingerprint density at radius 1 is 1.11 bits per heavy atom. The summed E-state index contributed by atoms with van der Waals surface area (Å²) in [6.45, 7) is 2.21. The van der Waals surface area contributed by atoms with E-state index < -0.39 is 0 Å². The van der Waals surface area contributed by atoms with E-state index in [-0.39, 0.29) is 6.10 Å². The van der Waals surface area contributed by atoms with Crippen molar-refractivity contribution in [2.24, 2.45) is 11.8 Å². The van der Waals surface area contributed by atoms with Gasteiger partial charge in [0.25, 0.3) is 0 Å². The molecule has 2 N–H and O–H groups in total. The number of H-pyrrole nitrogens is 1. The number of hydrogen-bond donors (Lipinski definition) is 2. The molecule has 1 aliphatic carbocycles. The Hall–Kier alpha value is -1.80. The lowest BCUT2D eigenvalue weighted by molar-refractivity contribution is 0.148. The van der Waals surface area contributed by atoms with Gasteiger partial charge in [0.15, 0.2) is 0 Å². The van der Waals surface area contributed by atoms with Crippen LogP contribution in [-0.4, -0.2) is 10.1 Å². The molecular formula is C17H17NO. The molecule has 1 fully saturated rings. The predicted octanol–water partition coefficient (Wildman–Crippen LogP) is 4.01. The molecule has 1 heterocycles. The van der Waals surface area contributed by atoms with Gasteiger partial charge in [0, 0.05) is 21.8 Å². The normalized spacial score (nSPS) is 23.9. The molecule has 1 aliphatic rings. The van der Waals surface area contributed by atoms with E-state index in [1.165, 1.54) is 10.8 Å². The smallest absolute Gasteiger partial charge is 0.0821 e. The zero-order chi connectivity index (χ0) is 13.0. The van der Waals surface area contributed by atoms with Crippen molar-refractivity contribution in [1.29, 1.82) is 0 Å². The van der Waals surface area contributed by atoms with Gasteiger partial charge in [0.2, 0.25) is 0 Å². The topological polar surface area (TPSA) is 36.0 Å². The van der Waals surface area contributed by atoms with Gasteiger partial charge in [-0.25, -0.2) is 0 Å². The number of para-hydroxylation sites is 1. The fourth-order valence-electron chi connectivity index (χ4n) is 3.09. The lowest BCUT2D eigenvalue weighted by Gasteiger charge is -2.10. The van der Waals surface area contributed by atoms with Gasteiger partial charge < -0.3 is 10.1 Å². The Morgan fingerprint density at radius 3 is 2.63 bits per heavy atom. The molecule has 0 bridgehead atoms. The maximum absolute atomic E-state index is 10.4. The lowest BCUT2D eigenvalue weighted by Crippen LogP contribution is -2.00. The SMILES string of the molecule is CC1CC1C(O)c1ccc2[nH]c3ccccc3c2c1. The predicted molar refractivity (Wildman–Crippen MR) is 78.0 cm³/mol. The van der Waals surface area contributed by atoms with E-state index in [4.69, 9.17) is 0 Å². The van der Waals surface area contributed by atoms with Gasteiger partial charge in [0.05, 0.1) is 6.10 Å². The van der Waals surface area contributed by atoms with E-state index >= 15 is 0 Å². The van der Waals surface area contributed by atoms with E-state index in [1.54, 1.807) is 0 Å². The van der Waals surface area contributed by atoms with Crippen LogP contribution in [0.25, 0.3) is 21.8 Å². The standard InChI is InChI=1S/C17H17NO/c1-10-8-13(10)17(19)11-6-7-16-14(9-11)12-4-2-3-5-15(12)18-16/h2-7,9-10,13,17-19H,8H2,1H3. The molecule has 0 spiro atoms. The number of aromatic amines is 1. The molecule has 3 atom stereocenters. The molecule has 96 valence electrons. The molecule has 2 nitrogen and oxygen atoms in total. The van der Waals surface area contributed by atoms with Gasteiger partial charge in [-0.05, 0) is 42.0 Å². The highest BCUT2D eigenvalue weighted by molar-refractivity contribution is 6.07. The number of aromatic nitrogens is 1. The Morgan fingerprint density at radius 2 is 1.84 bits per heavy atom. The highest BCUT2D eigenvalue weighted by atomic mass is 16.3. The van der Waals surface area contributed by atoms with Crippen LogP contribution in [0.15, 0.2) is 42.5 Å². The molecule has 1 saturated carbocycles. The summed E-state index contributed by atoms with van der Waals surface area (Å²) in [5.41, 5.74) is 3.34. The van der Waals surface area contributed by atoms with Crippen LogP contribution in [0.4, 0.5) is 0 Å². The summed E-state index contributed by atoms with van der Waals surface area (Å²) in [5, 5.41) is 12.8. The second-order valence-corrected chi connectivity index (χ2v) is 5.80. The molecule has 0 saturated heterocycles. The molecule has 4 rings (SSSR count). The average molecular weight is 251 g/mol. The molecule has 3 unspecified atom stereocenters. The number of aliphatic hydroxyl groups excluding tert-OH is 1. The van der Waals surface area contributed by atoms with Crippen LogP contribution in [0.5, 0.6) is 0 Å². The van der Waals surface area contributed by atoms with Crippen LogP contribution in [-0.2, 0) is 0 Å². The molecule has 2 aromatic carbocycles. The second kappa shape index (κ2) is 3.84. The van der Waals surface area contributed by atoms with Crippen molar-refractivity contribution in [1.82, 2.24) is 4.98 Å². The Balaban J connectivity index is 1.87. The number of fused-ring (bicyclic) bond motifs is 3. The van der Waals surface area contributed by atoms with Crippen LogP contribution >= 0.6 is 0 Å². The van der Waals surface area contributed by atoms with Gasteiger partial charge in [0.1, 0.15) is 0 Å². The summed E-state index contributed by atoms with van der Waals surface area (Å²) < 4.78 is 0. The molecule has 3 aromatic rings. The molecule has 0 aliphatic heterocycles. The zero-order valence-corrected chi connectivity index (χ0v) is 10.9. The van der Waals surface area contributed by atoms with Crippen LogP contribution in [0.3, 0.4) is 0 Å². The van der Waals surface area contributed by atoms with Crippen molar-refractivity contribution >= 4 is 21.8 Å². The average Bonchev–Trinajstić information content (AvgIpc) is 3.05. The van der Waals surface area contributed by atoms with E-state index in [9.17, 15) is 5.11 Å². The largest absolute Gasteiger partial charge is 0.388 e.